The largest absolute Gasteiger partial charge is 0.477 e. The summed E-state index contributed by atoms with van der Waals surface area (Å²) in [4.78, 5) is 18.8. The number of pyridine rings is 1. The van der Waals surface area contributed by atoms with Crippen molar-refractivity contribution in [3.63, 3.8) is 0 Å². The van der Waals surface area contributed by atoms with Gasteiger partial charge in [-0.25, -0.2) is 4.98 Å². The molecule has 2 atom stereocenters. The maximum Gasteiger partial charge on any atom is 0.257 e. The fraction of sp³-hybridized carbons (Fsp3) is 0.444. The molecule has 120 valence electrons. The smallest absolute Gasteiger partial charge is 0.257 e. The van der Waals surface area contributed by atoms with E-state index in [0.717, 1.165) is 19.5 Å². The van der Waals surface area contributed by atoms with Crippen LogP contribution in [0.15, 0.2) is 47.4 Å². The average molecular weight is 312 g/mol. The van der Waals surface area contributed by atoms with Gasteiger partial charge in [-0.05, 0) is 30.9 Å². The Morgan fingerprint density at radius 3 is 3.17 bits per heavy atom. The fourth-order valence-corrected chi connectivity index (χ4v) is 4.02. The minimum Gasteiger partial charge on any atom is -0.477 e. The summed E-state index contributed by atoms with van der Waals surface area (Å²) in [5.41, 5.74) is 0.697. The lowest BCUT2D eigenvalue weighted by molar-refractivity contribution is 0.0744. The van der Waals surface area contributed by atoms with Gasteiger partial charge in [-0.1, -0.05) is 12.5 Å². The molecule has 2 aromatic heterocycles. The van der Waals surface area contributed by atoms with Crippen LogP contribution in [0.4, 0.5) is 0 Å². The molecule has 1 saturated heterocycles. The Morgan fingerprint density at radius 2 is 2.39 bits per heavy atom. The number of furan rings is 1. The van der Waals surface area contributed by atoms with Crippen LogP contribution in [0, 0.1) is 11.3 Å². The van der Waals surface area contributed by atoms with Crippen LogP contribution in [0.3, 0.4) is 0 Å². The third kappa shape index (κ3) is 2.60. The first-order chi connectivity index (χ1) is 11.3. The van der Waals surface area contributed by atoms with Gasteiger partial charge in [0.1, 0.15) is 6.26 Å². The Balaban J connectivity index is 1.47. The fourth-order valence-electron chi connectivity index (χ4n) is 4.02. The molecular formula is C18H20N2O3. The third-order valence-corrected chi connectivity index (χ3v) is 5.24. The maximum absolute atomic E-state index is 12.6. The molecule has 5 nitrogen and oxygen atoms in total. The van der Waals surface area contributed by atoms with Gasteiger partial charge in [-0.15, -0.1) is 0 Å². The Morgan fingerprint density at radius 1 is 1.43 bits per heavy atom. The number of hydrogen-bond acceptors (Lipinski definition) is 4. The lowest BCUT2D eigenvalue weighted by Gasteiger charge is -2.28. The van der Waals surface area contributed by atoms with Gasteiger partial charge < -0.3 is 14.1 Å². The van der Waals surface area contributed by atoms with E-state index < -0.39 is 0 Å². The number of ether oxygens (including phenoxy) is 1. The lowest BCUT2D eigenvalue weighted by atomic mass is 9.81. The van der Waals surface area contributed by atoms with E-state index in [1.807, 2.05) is 23.1 Å². The van der Waals surface area contributed by atoms with Gasteiger partial charge in [0.05, 0.1) is 18.4 Å². The monoisotopic (exact) mass is 312 g/mol. The first-order valence-corrected chi connectivity index (χ1v) is 8.12. The second-order valence-electron chi connectivity index (χ2n) is 6.61. The van der Waals surface area contributed by atoms with Crippen LogP contribution in [-0.4, -0.2) is 35.5 Å². The van der Waals surface area contributed by atoms with E-state index in [0.29, 0.717) is 24.0 Å². The molecule has 1 saturated carbocycles. The molecule has 1 aliphatic heterocycles. The number of carbonyl (C=O) groups is 1. The Labute approximate surface area is 135 Å². The van der Waals surface area contributed by atoms with Gasteiger partial charge >= 0.3 is 0 Å². The SMILES string of the molecule is O=C(c1ccoc1)N1C[C@@H]2CCC[C@]2(COc2ccccn2)C1. The van der Waals surface area contributed by atoms with Crippen molar-refractivity contribution in [2.45, 2.75) is 19.3 Å². The van der Waals surface area contributed by atoms with Gasteiger partial charge in [0.25, 0.3) is 5.91 Å². The number of likely N-dealkylation sites (tertiary alicyclic amines) is 1. The molecule has 0 bridgehead atoms. The van der Waals surface area contributed by atoms with Gasteiger partial charge in [0.2, 0.25) is 5.88 Å². The average Bonchev–Trinajstić information content (AvgIpc) is 3.29. The molecule has 3 heterocycles. The Hall–Kier alpha value is -2.30. The van der Waals surface area contributed by atoms with E-state index >= 15 is 0 Å². The van der Waals surface area contributed by atoms with Crippen LogP contribution >= 0.6 is 0 Å². The maximum atomic E-state index is 12.6. The predicted molar refractivity (Wildman–Crippen MR) is 84.1 cm³/mol. The van der Waals surface area contributed by atoms with Crippen molar-refractivity contribution in [1.82, 2.24) is 9.88 Å². The summed E-state index contributed by atoms with van der Waals surface area (Å²) < 4.78 is 11.0. The molecule has 0 unspecified atom stereocenters. The molecule has 5 heteroatoms. The number of carbonyl (C=O) groups excluding carboxylic acids is 1. The standard InChI is InChI=1S/C18H20N2O3/c21-17(14-6-9-22-11-14)20-10-15-4-3-7-18(15,12-20)13-23-16-5-1-2-8-19-16/h1-2,5-6,8-9,11,15H,3-4,7,10,12-13H2/t15-,18+/m0/s1. The van der Waals surface area contributed by atoms with Gasteiger partial charge in [-0.3, -0.25) is 4.79 Å². The molecule has 0 radical (unpaired) electrons. The van der Waals surface area contributed by atoms with Crippen molar-refractivity contribution < 1.29 is 13.9 Å². The van der Waals surface area contributed by atoms with Gasteiger partial charge in [0, 0.05) is 30.8 Å². The molecule has 2 fully saturated rings. The summed E-state index contributed by atoms with van der Waals surface area (Å²) in [5, 5.41) is 0. The quantitative estimate of drug-likeness (QED) is 0.871. The van der Waals surface area contributed by atoms with Crippen LogP contribution in [0.1, 0.15) is 29.6 Å². The van der Waals surface area contributed by atoms with E-state index in [-0.39, 0.29) is 11.3 Å². The normalized spacial score (nSPS) is 26.3. The molecule has 0 N–H and O–H groups in total. The molecule has 0 spiro atoms. The zero-order valence-corrected chi connectivity index (χ0v) is 13.0. The lowest BCUT2D eigenvalue weighted by Crippen LogP contribution is -2.35. The summed E-state index contributed by atoms with van der Waals surface area (Å²) in [7, 11) is 0. The molecule has 1 amide bonds. The summed E-state index contributed by atoms with van der Waals surface area (Å²) in [6.45, 7) is 2.20. The molecule has 2 aromatic rings. The molecule has 23 heavy (non-hydrogen) atoms. The molecular weight excluding hydrogens is 292 g/mol. The third-order valence-electron chi connectivity index (χ3n) is 5.24. The summed E-state index contributed by atoms with van der Waals surface area (Å²) in [6.07, 6.45) is 8.30. The van der Waals surface area contributed by atoms with E-state index in [1.54, 1.807) is 18.5 Å². The highest BCUT2D eigenvalue weighted by molar-refractivity contribution is 5.94. The van der Waals surface area contributed by atoms with Crippen molar-refractivity contribution in [1.29, 1.82) is 0 Å². The number of amides is 1. The Bertz CT molecular complexity index is 671. The van der Waals surface area contributed by atoms with E-state index in [2.05, 4.69) is 4.98 Å². The van der Waals surface area contributed by atoms with E-state index in [9.17, 15) is 4.79 Å². The van der Waals surface area contributed by atoms with Crippen molar-refractivity contribution >= 4 is 5.91 Å². The zero-order chi connectivity index (χ0) is 15.7. The highest BCUT2D eigenvalue weighted by atomic mass is 16.5. The minimum absolute atomic E-state index is 0.0605. The first kappa shape index (κ1) is 14.3. The molecule has 2 aliphatic rings. The topological polar surface area (TPSA) is 55.6 Å². The van der Waals surface area contributed by atoms with Crippen LogP contribution in [0.2, 0.25) is 0 Å². The second-order valence-corrected chi connectivity index (χ2v) is 6.61. The van der Waals surface area contributed by atoms with Gasteiger partial charge in [0.15, 0.2) is 0 Å². The number of fused-ring (bicyclic) bond motifs is 1. The Kier molecular flexibility index (Phi) is 3.56. The zero-order valence-electron chi connectivity index (χ0n) is 13.0. The first-order valence-electron chi connectivity index (χ1n) is 8.12. The summed E-state index contributed by atoms with van der Waals surface area (Å²) in [5.74, 6) is 1.24. The number of aromatic nitrogens is 1. The molecule has 0 aromatic carbocycles. The van der Waals surface area contributed by atoms with Crippen molar-refractivity contribution in [2.75, 3.05) is 19.7 Å². The second kappa shape index (κ2) is 5.72. The highest BCUT2D eigenvalue weighted by Gasteiger charge is 2.51. The summed E-state index contributed by atoms with van der Waals surface area (Å²) >= 11 is 0. The van der Waals surface area contributed by atoms with Crippen LogP contribution in [-0.2, 0) is 0 Å². The number of nitrogens with zero attached hydrogens (tertiary/aromatic N) is 2. The highest BCUT2D eigenvalue weighted by Crippen LogP contribution is 2.49. The van der Waals surface area contributed by atoms with E-state index in [4.69, 9.17) is 9.15 Å². The van der Waals surface area contributed by atoms with Crippen LogP contribution in [0.5, 0.6) is 5.88 Å². The predicted octanol–water partition coefficient (Wildman–Crippen LogP) is 3.00. The molecule has 1 aliphatic carbocycles. The van der Waals surface area contributed by atoms with Crippen molar-refractivity contribution in [2.24, 2.45) is 11.3 Å². The minimum atomic E-state index is 0.0605. The molecule has 4 rings (SSSR count). The van der Waals surface area contributed by atoms with Crippen molar-refractivity contribution in [3.05, 3.63) is 48.6 Å². The van der Waals surface area contributed by atoms with Crippen molar-refractivity contribution in [3.8, 4) is 5.88 Å². The van der Waals surface area contributed by atoms with Crippen LogP contribution < -0.4 is 4.74 Å². The van der Waals surface area contributed by atoms with Gasteiger partial charge in [-0.2, -0.15) is 0 Å². The van der Waals surface area contributed by atoms with Crippen LogP contribution in [0.25, 0.3) is 0 Å². The van der Waals surface area contributed by atoms with E-state index in [1.165, 1.54) is 19.1 Å². The summed E-state index contributed by atoms with van der Waals surface area (Å²) in [6, 6.07) is 7.41. The number of hydrogen-bond donors (Lipinski definition) is 0. The number of rotatable bonds is 4.